The topological polar surface area (TPSA) is 55.1 Å². The Bertz CT molecular complexity index is 675. The SMILES string of the molecule is Cc1ocnc1C(=O)NCC1(c2cccc(F)c2)CCCC1. The third-order valence-corrected chi connectivity index (χ3v) is 4.54. The van der Waals surface area contributed by atoms with Crippen molar-refractivity contribution in [2.24, 2.45) is 0 Å². The molecule has 5 heteroatoms. The van der Waals surface area contributed by atoms with Gasteiger partial charge in [-0.15, -0.1) is 0 Å². The largest absolute Gasteiger partial charge is 0.448 e. The van der Waals surface area contributed by atoms with Gasteiger partial charge in [0.25, 0.3) is 5.91 Å². The van der Waals surface area contributed by atoms with Gasteiger partial charge in [0, 0.05) is 12.0 Å². The minimum Gasteiger partial charge on any atom is -0.448 e. The van der Waals surface area contributed by atoms with E-state index in [2.05, 4.69) is 10.3 Å². The molecule has 1 N–H and O–H groups in total. The molecule has 1 fully saturated rings. The molecule has 0 radical (unpaired) electrons. The Kier molecular flexibility index (Phi) is 3.96. The molecule has 0 saturated heterocycles. The van der Waals surface area contributed by atoms with E-state index >= 15 is 0 Å². The Balaban J connectivity index is 1.78. The molecule has 1 amide bonds. The minimum atomic E-state index is -0.242. The molecule has 2 aromatic rings. The van der Waals surface area contributed by atoms with Crippen LogP contribution in [0.1, 0.15) is 47.5 Å². The number of aromatic nitrogens is 1. The van der Waals surface area contributed by atoms with E-state index in [1.165, 1.54) is 12.5 Å². The van der Waals surface area contributed by atoms with Gasteiger partial charge in [0.05, 0.1) is 0 Å². The highest BCUT2D eigenvalue weighted by molar-refractivity contribution is 5.93. The predicted octanol–water partition coefficient (Wildman–Crippen LogP) is 3.36. The number of carbonyl (C=O) groups is 1. The molecule has 0 spiro atoms. The number of hydrogen-bond acceptors (Lipinski definition) is 3. The normalized spacial score (nSPS) is 16.6. The molecule has 1 aromatic heterocycles. The number of hydrogen-bond donors (Lipinski definition) is 1. The van der Waals surface area contributed by atoms with Crippen LogP contribution in [0.2, 0.25) is 0 Å². The Hall–Kier alpha value is -2.17. The van der Waals surface area contributed by atoms with E-state index in [9.17, 15) is 9.18 Å². The van der Waals surface area contributed by atoms with Gasteiger partial charge >= 0.3 is 0 Å². The van der Waals surface area contributed by atoms with E-state index in [1.807, 2.05) is 6.07 Å². The molecule has 0 unspecified atom stereocenters. The molecule has 1 aliphatic carbocycles. The summed E-state index contributed by atoms with van der Waals surface area (Å²) >= 11 is 0. The van der Waals surface area contributed by atoms with Crippen LogP contribution >= 0.6 is 0 Å². The molecule has 3 rings (SSSR count). The number of halogens is 1. The van der Waals surface area contributed by atoms with Gasteiger partial charge in [0.2, 0.25) is 0 Å². The number of carbonyl (C=O) groups excluding carboxylic acids is 1. The summed E-state index contributed by atoms with van der Waals surface area (Å²) in [5.41, 5.74) is 1.09. The van der Waals surface area contributed by atoms with Crippen molar-refractivity contribution in [3.63, 3.8) is 0 Å². The number of nitrogens with one attached hydrogen (secondary N) is 1. The first kappa shape index (κ1) is 14.8. The maximum Gasteiger partial charge on any atom is 0.273 e. The summed E-state index contributed by atoms with van der Waals surface area (Å²) in [6.07, 6.45) is 5.36. The quantitative estimate of drug-likeness (QED) is 0.942. The van der Waals surface area contributed by atoms with Crippen LogP contribution in [-0.4, -0.2) is 17.4 Å². The lowest BCUT2D eigenvalue weighted by Gasteiger charge is -2.30. The zero-order valence-electron chi connectivity index (χ0n) is 12.6. The third-order valence-electron chi connectivity index (χ3n) is 4.54. The first-order valence-corrected chi connectivity index (χ1v) is 7.55. The van der Waals surface area contributed by atoms with E-state index < -0.39 is 0 Å². The lowest BCUT2D eigenvalue weighted by Crippen LogP contribution is -2.39. The molecule has 1 aromatic carbocycles. The number of oxazole rings is 1. The number of aryl methyl sites for hydroxylation is 1. The molecular weight excluding hydrogens is 283 g/mol. The summed E-state index contributed by atoms with van der Waals surface area (Å²) in [5, 5.41) is 2.94. The van der Waals surface area contributed by atoms with Crippen molar-refractivity contribution in [1.82, 2.24) is 10.3 Å². The maximum atomic E-state index is 13.6. The fourth-order valence-corrected chi connectivity index (χ4v) is 3.29. The van der Waals surface area contributed by atoms with Gasteiger partial charge < -0.3 is 9.73 Å². The zero-order chi connectivity index (χ0) is 15.6. The smallest absolute Gasteiger partial charge is 0.273 e. The fourth-order valence-electron chi connectivity index (χ4n) is 3.29. The zero-order valence-corrected chi connectivity index (χ0v) is 12.6. The van der Waals surface area contributed by atoms with Crippen LogP contribution in [0, 0.1) is 12.7 Å². The highest BCUT2D eigenvalue weighted by Gasteiger charge is 2.36. The van der Waals surface area contributed by atoms with E-state index in [4.69, 9.17) is 4.42 Å². The fraction of sp³-hybridized carbons (Fsp3) is 0.412. The number of benzene rings is 1. The summed E-state index contributed by atoms with van der Waals surface area (Å²) in [5.74, 6) is 0.0279. The summed E-state index contributed by atoms with van der Waals surface area (Å²) in [6, 6.07) is 6.71. The van der Waals surface area contributed by atoms with Crippen molar-refractivity contribution in [1.29, 1.82) is 0 Å². The van der Waals surface area contributed by atoms with Crippen molar-refractivity contribution < 1.29 is 13.6 Å². The Labute approximate surface area is 128 Å². The van der Waals surface area contributed by atoms with E-state index in [0.29, 0.717) is 18.0 Å². The van der Waals surface area contributed by atoms with Gasteiger partial charge in [0.1, 0.15) is 11.6 Å². The Morgan fingerprint density at radius 1 is 1.41 bits per heavy atom. The standard InChI is InChI=1S/C17H19FN2O2/c1-12-15(20-11-22-12)16(21)19-10-17(7-2-3-8-17)13-5-4-6-14(18)9-13/h4-6,9,11H,2-3,7-8,10H2,1H3,(H,19,21). The summed E-state index contributed by atoms with van der Waals surface area (Å²) in [4.78, 5) is 16.1. The van der Waals surface area contributed by atoms with Gasteiger partial charge in [-0.25, -0.2) is 9.37 Å². The average Bonchev–Trinajstić information content (AvgIpc) is 3.14. The lowest BCUT2D eigenvalue weighted by atomic mass is 9.78. The first-order valence-electron chi connectivity index (χ1n) is 7.55. The van der Waals surface area contributed by atoms with Crippen LogP contribution in [0.15, 0.2) is 35.1 Å². The highest BCUT2D eigenvalue weighted by atomic mass is 19.1. The molecule has 4 nitrogen and oxygen atoms in total. The molecule has 1 heterocycles. The van der Waals surface area contributed by atoms with E-state index in [0.717, 1.165) is 31.2 Å². The van der Waals surface area contributed by atoms with Crippen LogP contribution in [0.4, 0.5) is 4.39 Å². The van der Waals surface area contributed by atoms with Gasteiger partial charge in [-0.3, -0.25) is 4.79 Å². The predicted molar refractivity (Wildman–Crippen MR) is 80.1 cm³/mol. The molecule has 22 heavy (non-hydrogen) atoms. The monoisotopic (exact) mass is 302 g/mol. The average molecular weight is 302 g/mol. The van der Waals surface area contributed by atoms with Crippen molar-refractivity contribution in [3.05, 3.63) is 53.5 Å². The van der Waals surface area contributed by atoms with Crippen LogP contribution in [0.5, 0.6) is 0 Å². The summed E-state index contributed by atoms with van der Waals surface area (Å²) in [7, 11) is 0. The first-order chi connectivity index (χ1) is 10.6. The van der Waals surface area contributed by atoms with E-state index in [1.54, 1.807) is 19.1 Å². The molecule has 0 atom stereocenters. The second kappa shape index (κ2) is 5.91. The summed E-state index contributed by atoms with van der Waals surface area (Å²) < 4.78 is 18.6. The van der Waals surface area contributed by atoms with Gasteiger partial charge in [0.15, 0.2) is 12.1 Å². The van der Waals surface area contributed by atoms with Crippen molar-refractivity contribution in [2.75, 3.05) is 6.54 Å². The van der Waals surface area contributed by atoms with Crippen LogP contribution in [0.3, 0.4) is 0 Å². The number of nitrogens with zero attached hydrogens (tertiary/aromatic N) is 1. The number of rotatable bonds is 4. The van der Waals surface area contributed by atoms with Gasteiger partial charge in [-0.1, -0.05) is 25.0 Å². The Morgan fingerprint density at radius 2 is 2.18 bits per heavy atom. The Morgan fingerprint density at radius 3 is 2.82 bits per heavy atom. The van der Waals surface area contributed by atoms with Crippen LogP contribution in [-0.2, 0) is 5.41 Å². The molecule has 0 bridgehead atoms. The van der Waals surface area contributed by atoms with Gasteiger partial charge in [-0.2, -0.15) is 0 Å². The van der Waals surface area contributed by atoms with E-state index in [-0.39, 0.29) is 17.1 Å². The second-order valence-electron chi connectivity index (χ2n) is 5.94. The minimum absolute atomic E-state index is 0.185. The molecule has 1 aliphatic rings. The number of amides is 1. The van der Waals surface area contributed by atoms with Gasteiger partial charge in [-0.05, 0) is 37.5 Å². The van der Waals surface area contributed by atoms with Crippen molar-refractivity contribution in [2.45, 2.75) is 38.0 Å². The highest BCUT2D eigenvalue weighted by Crippen LogP contribution is 2.40. The molecule has 116 valence electrons. The van der Waals surface area contributed by atoms with Crippen molar-refractivity contribution in [3.8, 4) is 0 Å². The van der Waals surface area contributed by atoms with Crippen LogP contribution in [0.25, 0.3) is 0 Å². The third kappa shape index (κ3) is 2.75. The molecular formula is C17H19FN2O2. The maximum absolute atomic E-state index is 13.6. The lowest BCUT2D eigenvalue weighted by molar-refractivity contribution is 0.0937. The van der Waals surface area contributed by atoms with Crippen LogP contribution < -0.4 is 5.32 Å². The molecule has 0 aliphatic heterocycles. The molecule has 1 saturated carbocycles. The van der Waals surface area contributed by atoms with Crippen molar-refractivity contribution >= 4 is 5.91 Å². The summed E-state index contributed by atoms with van der Waals surface area (Å²) in [6.45, 7) is 2.20. The second-order valence-corrected chi connectivity index (χ2v) is 5.94.